The zero-order valence-electron chi connectivity index (χ0n) is 9.72. The van der Waals surface area contributed by atoms with Crippen LogP contribution in [0.1, 0.15) is 23.2 Å². The second-order valence-corrected chi connectivity index (χ2v) is 4.06. The lowest BCUT2D eigenvalue weighted by Gasteiger charge is -2.09. The van der Waals surface area contributed by atoms with E-state index in [-0.39, 0.29) is 18.3 Å². The maximum Gasteiger partial charge on any atom is 0.329 e. The van der Waals surface area contributed by atoms with Crippen molar-refractivity contribution in [2.24, 2.45) is 0 Å². The van der Waals surface area contributed by atoms with Gasteiger partial charge in [0.25, 0.3) is 0 Å². The van der Waals surface area contributed by atoms with Crippen molar-refractivity contribution in [1.29, 1.82) is 0 Å². The maximum absolute atomic E-state index is 11.7. The second kappa shape index (κ2) is 5.44. The number of amides is 1. The first-order chi connectivity index (χ1) is 8.66. The van der Waals surface area contributed by atoms with Gasteiger partial charge in [0, 0.05) is 12.0 Å². The Balaban J connectivity index is 1.83. The van der Waals surface area contributed by atoms with Crippen LogP contribution in [0.2, 0.25) is 0 Å². The van der Waals surface area contributed by atoms with E-state index < -0.39 is 12.0 Å². The van der Waals surface area contributed by atoms with Gasteiger partial charge >= 0.3 is 5.97 Å². The Morgan fingerprint density at radius 3 is 2.61 bits per heavy atom. The summed E-state index contributed by atoms with van der Waals surface area (Å²) in [6.07, 6.45) is 0.754. The SMILES string of the molecule is O=C1CC[C@@H](C(=O)OCC(=O)c2ccccc2)N1. The van der Waals surface area contributed by atoms with Crippen molar-refractivity contribution in [3.63, 3.8) is 0 Å². The van der Waals surface area contributed by atoms with Gasteiger partial charge in [0.05, 0.1) is 0 Å². The fourth-order valence-electron chi connectivity index (χ4n) is 1.74. The second-order valence-electron chi connectivity index (χ2n) is 4.06. The van der Waals surface area contributed by atoms with Crippen LogP contribution in [0.15, 0.2) is 30.3 Å². The van der Waals surface area contributed by atoms with Crippen LogP contribution < -0.4 is 5.32 Å². The molecule has 1 aliphatic rings. The lowest BCUT2D eigenvalue weighted by Crippen LogP contribution is -2.35. The first kappa shape index (κ1) is 12.3. The summed E-state index contributed by atoms with van der Waals surface area (Å²) in [6.45, 7) is -0.296. The summed E-state index contributed by atoms with van der Waals surface area (Å²) in [5.74, 6) is -0.968. The van der Waals surface area contributed by atoms with Crippen molar-refractivity contribution in [3.8, 4) is 0 Å². The molecule has 0 aromatic heterocycles. The van der Waals surface area contributed by atoms with Crippen LogP contribution in [0, 0.1) is 0 Å². The van der Waals surface area contributed by atoms with Gasteiger partial charge in [0.2, 0.25) is 5.91 Å². The molecule has 1 aliphatic heterocycles. The number of carbonyl (C=O) groups is 3. The van der Waals surface area contributed by atoms with Crippen LogP contribution in [-0.2, 0) is 14.3 Å². The number of ketones is 1. The largest absolute Gasteiger partial charge is 0.456 e. The summed E-state index contributed by atoms with van der Waals surface area (Å²) in [4.78, 5) is 34.1. The Bertz CT molecular complexity index is 469. The Labute approximate surface area is 104 Å². The normalized spacial score (nSPS) is 18.2. The predicted molar refractivity (Wildman–Crippen MR) is 62.9 cm³/mol. The molecule has 1 N–H and O–H groups in total. The summed E-state index contributed by atoms with van der Waals surface area (Å²) in [5.41, 5.74) is 0.501. The van der Waals surface area contributed by atoms with Crippen molar-refractivity contribution in [3.05, 3.63) is 35.9 Å². The van der Waals surface area contributed by atoms with E-state index in [4.69, 9.17) is 4.74 Å². The van der Waals surface area contributed by atoms with Crippen LogP contribution in [0.4, 0.5) is 0 Å². The van der Waals surface area contributed by atoms with Crippen molar-refractivity contribution in [2.45, 2.75) is 18.9 Å². The predicted octanol–water partition coefficient (Wildman–Crippen LogP) is 0.691. The van der Waals surface area contributed by atoms with Gasteiger partial charge in [0.15, 0.2) is 12.4 Å². The smallest absolute Gasteiger partial charge is 0.329 e. The fourth-order valence-corrected chi connectivity index (χ4v) is 1.74. The number of benzene rings is 1. The number of hydrogen-bond acceptors (Lipinski definition) is 4. The Hall–Kier alpha value is -2.17. The van der Waals surface area contributed by atoms with E-state index in [2.05, 4.69) is 5.32 Å². The standard InChI is InChI=1S/C13H13NO4/c15-11(9-4-2-1-3-5-9)8-18-13(17)10-6-7-12(16)14-10/h1-5,10H,6-8H2,(H,14,16)/t10-/m0/s1. The summed E-state index contributed by atoms with van der Waals surface area (Å²) >= 11 is 0. The minimum atomic E-state index is -0.610. The van der Waals surface area contributed by atoms with E-state index in [0.29, 0.717) is 18.4 Å². The van der Waals surface area contributed by atoms with E-state index in [1.165, 1.54) is 0 Å². The highest BCUT2D eigenvalue weighted by Crippen LogP contribution is 2.08. The highest BCUT2D eigenvalue weighted by atomic mass is 16.5. The number of esters is 1. The third kappa shape index (κ3) is 2.94. The molecule has 0 spiro atoms. The van der Waals surface area contributed by atoms with Gasteiger partial charge in [-0.1, -0.05) is 30.3 Å². The number of hydrogen-bond donors (Lipinski definition) is 1. The zero-order chi connectivity index (χ0) is 13.0. The van der Waals surface area contributed by atoms with Gasteiger partial charge in [-0.15, -0.1) is 0 Å². The number of ether oxygens (including phenoxy) is 1. The van der Waals surface area contributed by atoms with E-state index in [0.717, 1.165) is 0 Å². The first-order valence-electron chi connectivity index (χ1n) is 5.71. The molecule has 1 atom stereocenters. The molecule has 1 saturated heterocycles. The Morgan fingerprint density at radius 2 is 2.00 bits per heavy atom. The van der Waals surface area contributed by atoms with Crippen molar-refractivity contribution >= 4 is 17.7 Å². The van der Waals surface area contributed by atoms with Crippen LogP contribution in [0.5, 0.6) is 0 Å². The maximum atomic E-state index is 11.7. The molecule has 5 heteroatoms. The molecule has 0 radical (unpaired) electrons. The molecule has 0 saturated carbocycles. The number of Topliss-reactive ketones (excluding diaryl/α,β-unsaturated/α-hetero) is 1. The lowest BCUT2D eigenvalue weighted by atomic mass is 10.1. The Kier molecular flexibility index (Phi) is 3.72. The highest BCUT2D eigenvalue weighted by Gasteiger charge is 2.28. The minimum absolute atomic E-state index is 0.161. The molecule has 1 amide bonds. The molecule has 0 unspecified atom stereocenters. The van der Waals surface area contributed by atoms with Gasteiger partial charge in [0.1, 0.15) is 6.04 Å². The molecular formula is C13H13NO4. The quantitative estimate of drug-likeness (QED) is 0.627. The lowest BCUT2D eigenvalue weighted by molar-refractivity contribution is -0.145. The molecule has 2 rings (SSSR count). The molecule has 1 aromatic carbocycles. The molecular weight excluding hydrogens is 234 g/mol. The third-order valence-corrected chi connectivity index (χ3v) is 2.72. The van der Waals surface area contributed by atoms with E-state index in [9.17, 15) is 14.4 Å². The van der Waals surface area contributed by atoms with Crippen molar-refractivity contribution in [2.75, 3.05) is 6.61 Å². The summed E-state index contributed by atoms with van der Waals surface area (Å²) in [5, 5.41) is 2.49. The highest BCUT2D eigenvalue weighted by molar-refractivity contribution is 5.98. The van der Waals surface area contributed by atoms with Gasteiger partial charge in [-0.25, -0.2) is 4.79 Å². The third-order valence-electron chi connectivity index (χ3n) is 2.72. The van der Waals surface area contributed by atoms with Crippen molar-refractivity contribution in [1.82, 2.24) is 5.32 Å². The van der Waals surface area contributed by atoms with Crippen LogP contribution in [0.25, 0.3) is 0 Å². The topological polar surface area (TPSA) is 72.5 Å². The van der Waals surface area contributed by atoms with Gasteiger partial charge < -0.3 is 10.1 Å². The average Bonchev–Trinajstić information content (AvgIpc) is 2.83. The van der Waals surface area contributed by atoms with Crippen molar-refractivity contribution < 1.29 is 19.1 Å². The number of rotatable bonds is 4. The number of carbonyl (C=O) groups excluding carboxylic acids is 3. The summed E-state index contributed by atoms with van der Waals surface area (Å²) < 4.78 is 4.89. The van der Waals surface area contributed by atoms with E-state index >= 15 is 0 Å². The molecule has 94 valence electrons. The van der Waals surface area contributed by atoms with Gasteiger partial charge in [-0.2, -0.15) is 0 Å². The first-order valence-corrected chi connectivity index (χ1v) is 5.71. The van der Waals surface area contributed by atoms with Gasteiger partial charge in [-0.05, 0) is 6.42 Å². The Morgan fingerprint density at radius 1 is 1.28 bits per heavy atom. The average molecular weight is 247 g/mol. The minimum Gasteiger partial charge on any atom is -0.456 e. The van der Waals surface area contributed by atoms with Crippen LogP contribution >= 0.6 is 0 Å². The molecule has 1 heterocycles. The van der Waals surface area contributed by atoms with Gasteiger partial charge in [-0.3, -0.25) is 9.59 Å². The van der Waals surface area contributed by atoms with E-state index in [1.54, 1.807) is 30.3 Å². The molecule has 5 nitrogen and oxygen atoms in total. The summed E-state index contributed by atoms with van der Waals surface area (Å²) in [6, 6.07) is 8.00. The zero-order valence-corrected chi connectivity index (χ0v) is 9.72. The molecule has 18 heavy (non-hydrogen) atoms. The monoisotopic (exact) mass is 247 g/mol. The molecule has 0 bridgehead atoms. The fraction of sp³-hybridized carbons (Fsp3) is 0.308. The van der Waals surface area contributed by atoms with Crippen LogP contribution in [0.3, 0.4) is 0 Å². The summed E-state index contributed by atoms with van der Waals surface area (Å²) in [7, 11) is 0. The van der Waals surface area contributed by atoms with E-state index in [1.807, 2.05) is 0 Å². The molecule has 1 fully saturated rings. The number of nitrogens with one attached hydrogen (secondary N) is 1. The van der Waals surface area contributed by atoms with Crippen LogP contribution in [-0.4, -0.2) is 30.3 Å². The molecule has 0 aliphatic carbocycles. The molecule has 1 aromatic rings.